The third-order valence-electron chi connectivity index (χ3n) is 2.19. The second-order valence-electron chi connectivity index (χ2n) is 2.96. The average Bonchev–Trinajstić information content (AvgIpc) is 2.14. The number of hydrogen-bond donors (Lipinski definition) is 0. The zero-order valence-electron chi connectivity index (χ0n) is 7.80. The van der Waals surface area contributed by atoms with Crippen molar-refractivity contribution in [2.75, 3.05) is 0 Å². The highest BCUT2D eigenvalue weighted by molar-refractivity contribution is 5.32. The fraction of sp³-hybridized carbons (Fsp3) is 0.400. The Morgan fingerprint density at radius 2 is 2.00 bits per heavy atom. The molecule has 1 rings (SSSR count). The number of hydrogen-bond acceptors (Lipinski definition) is 2. The summed E-state index contributed by atoms with van der Waals surface area (Å²) in [5.74, 6) is -0.293. The topological polar surface area (TPSA) is 29.4 Å². The molecular weight excluding hydrogens is 169 g/mol. The van der Waals surface area contributed by atoms with Crippen LogP contribution < -0.4 is 0 Å². The lowest BCUT2D eigenvalue weighted by Crippen LogP contribution is -1.96. The van der Waals surface area contributed by atoms with E-state index in [1.54, 1.807) is 13.0 Å². The molecule has 0 aliphatic rings. The molecule has 0 aromatic heterocycles. The van der Waals surface area contributed by atoms with Crippen molar-refractivity contribution in [3.63, 3.8) is 0 Å². The largest absolute Gasteiger partial charge is 0.206 e. The van der Waals surface area contributed by atoms with Crippen LogP contribution in [0.2, 0.25) is 0 Å². The quantitative estimate of drug-likeness (QED) is 0.659. The van der Waals surface area contributed by atoms with Gasteiger partial charge in [0.1, 0.15) is 12.4 Å². The first-order valence-corrected chi connectivity index (χ1v) is 4.26. The van der Waals surface area contributed by atoms with Crippen LogP contribution in [0.15, 0.2) is 17.3 Å². The van der Waals surface area contributed by atoms with E-state index in [-0.39, 0.29) is 12.4 Å². The lowest BCUT2D eigenvalue weighted by molar-refractivity contribution is 0.598. The first-order chi connectivity index (χ1) is 6.20. The van der Waals surface area contributed by atoms with Crippen LogP contribution in [0.5, 0.6) is 0 Å². The van der Waals surface area contributed by atoms with Gasteiger partial charge >= 0.3 is 0 Å². The fourth-order valence-corrected chi connectivity index (χ4v) is 1.36. The molecule has 0 N–H and O–H groups in total. The molecule has 13 heavy (non-hydrogen) atoms. The van der Waals surface area contributed by atoms with Crippen molar-refractivity contribution in [2.24, 2.45) is 5.18 Å². The molecule has 0 aliphatic carbocycles. The lowest BCUT2D eigenvalue weighted by Gasteiger charge is -2.06. The maximum absolute atomic E-state index is 13.4. The zero-order valence-corrected chi connectivity index (χ0v) is 7.80. The molecule has 1 aromatic carbocycles. The fourth-order valence-electron chi connectivity index (χ4n) is 1.36. The van der Waals surface area contributed by atoms with Crippen molar-refractivity contribution >= 4 is 0 Å². The Hall–Kier alpha value is -1.25. The highest BCUT2D eigenvalue weighted by atomic mass is 19.1. The molecule has 0 saturated carbocycles. The first-order valence-electron chi connectivity index (χ1n) is 4.26. The van der Waals surface area contributed by atoms with Crippen LogP contribution in [0.3, 0.4) is 0 Å². The number of aryl methyl sites for hydroxylation is 1. The molecule has 0 unspecified atom stereocenters. The molecular formula is C10H12FNO. The summed E-state index contributed by atoms with van der Waals surface area (Å²) in [7, 11) is 0. The Morgan fingerprint density at radius 3 is 2.54 bits per heavy atom. The maximum Gasteiger partial charge on any atom is 0.131 e. The van der Waals surface area contributed by atoms with E-state index < -0.39 is 0 Å². The van der Waals surface area contributed by atoms with Gasteiger partial charge in [0.15, 0.2) is 0 Å². The number of nitroso groups, excluding NO2 is 1. The molecule has 0 bridgehead atoms. The van der Waals surface area contributed by atoms with Gasteiger partial charge in [0.2, 0.25) is 0 Å². The van der Waals surface area contributed by atoms with E-state index in [9.17, 15) is 9.30 Å². The van der Waals surface area contributed by atoms with Gasteiger partial charge < -0.3 is 0 Å². The van der Waals surface area contributed by atoms with E-state index in [4.69, 9.17) is 0 Å². The molecule has 70 valence electrons. The van der Waals surface area contributed by atoms with Gasteiger partial charge in [0, 0.05) is 5.56 Å². The van der Waals surface area contributed by atoms with Crippen LogP contribution in [-0.4, -0.2) is 0 Å². The molecule has 0 fully saturated rings. The molecule has 1 aromatic rings. The first kappa shape index (κ1) is 9.84. The minimum Gasteiger partial charge on any atom is -0.206 e. The van der Waals surface area contributed by atoms with Gasteiger partial charge in [-0.05, 0) is 24.5 Å². The van der Waals surface area contributed by atoms with Gasteiger partial charge in [-0.3, -0.25) is 0 Å². The molecule has 0 atom stereocenters. The van der Waals surface area contributed by atoms with Crippen LogP contribution in [0.25, 0.3) is 0 Å². The zero-order chi connectivity index (χ0) is 9.84. The molecule has 0 heterocycles. The Bertz CT molecular complexity index is 323. The van der Waals surface area contributed by atoms with Crippen LogP contribution in [0.4, 0.5) is 4.39 Å². The maximum atomic E-state index is 13.4. The Balaban J connectivity index is 3.14. The lowest BCUT2D eigenvalue weighted by atomic mass is 10.0. The molecule has 0 aliphatic heterocycles. The predicted molar refractivity (Wildman–Crippen MR) is 50.0 cm³/mol. The second kappa shape index (κ2) is 4.12. The van der Waals surface area contributed by atoms with Crippen molar-refractivity contribution in [3.8, 4) is 0 Å². The number of nitrogens with zero attached hydrogens (tertiary/aromatic N) is 1. The number of benzene rings is 1. The summed E-state index contributed by atoms with van der Waals surface area (Å²) in [6.45, 7) is 3.61. The van der Waals surface area contributed by atoms with Gasteiger partial charge in [-0.2, -0.15) is 4.91 Å². The van der Waals surface area contributed by atoms with Crippen molar-refractivity contribution in [1.82, 2.24) is 0 Å². The van der Waals surface area contributed by atoms with Gasteiger partial charge in [-0.15, -0.1) is 0 Å². The molecule has 0 radical (unpaired) electrons. The summed E-state index contributed by atoms with van der Waals surface area (Å²) >= 11 is 0. The number of halogens is 1. The summed E-state index contributed by atoms with van der Waals surface area (Å²) in [5.41, 5.74) is 1.99. The second-order valence-corrected chi connectivity index (χ2v) is 2.96. The van der Waals surface area contributed by atoms with E-state index in [0.29, 0.717) is 11.1 Å². The Morgan fingerprint density at radius 1 is 1.38 bits per heavy atom. The highest BCUT2D eigenvalue weighted by Crippen LogP contribution is 2.18. The average molecular weight is 181 g/mol. The summed E-state index contributed by atoms with van der Waals surface area (Å²) in [4.78, 5) is 9.98. The van der Waals surface area contributed by atoms with Crippen molar-refractivity contribution in [2.45, 2.75) is 26.8 Å². The SMILES string of the molecule is CCc1ccc(CN=O)c(F)c1C. The molecule has 0 saturated heterocycles. The summed E-state index contributed by atoms with van der Waals surface area (Å²) in [5, 5.41) is 2.67. The van der Waals surface area contributed by atoms with Crippen molar-refractivity contribution < 1.29 is 4.39 Å². The van der Waals surface area contributed by atoms with E-state index >= 15 is 0 Å². The van der Waals surface area contributed by atoms with E-state index in [0.717, 1.165) is 12.0 Å². The Labute approximate surface area is 76.8 Å². The smallest absolute Gasteiger partial charge is 0.131 e. The summed E-state index contributed by atoms with van der Waals surface area (Å²) in [6, 6.07) is 3.47. The normalized spacial score (nSPS) is 10.1. The minimum absolute atomic E-state index is 0.0866. The predicted octanol–water partition coefficient (Wildman–Crippen LogP) is 2.96. The highest BCUT2D eigenvalue weighted by Gasteiger charge is 2.08. The third-order valence-corrected chi connectivity index (χ3v) is 2.19. The summed E-state index contributed by atoms with van der Waals surface area (Å²) in [6.07, 6.45) is 0.803. The van der Waals surface area contributed by atoms with Crippen LogP contribution in [-0.2, 0) is 13.0 Å². The standard InChI is InChI=1S/C10H12FNO/c1-3-8-4-5-9(6-12-13)10(11)7(8)2/h4-5H,3,6H2,1-2H3. The molecule has 0 amide bonds. The van der Waals surface area contributed by atoms with Crippen molar-refractivity contribution in [1.29, 1.82) is 0 Å². The van der Waals surface area contributed by atoms with Gasteiger partial charge in [-0.1, -0.05) is 24.2 Å². The third kappa shape index (κ3) is 1.91. The molecule has 0 spiro atoms. The van der Waals surface area contributed by atoms with Gasteiger partial charge in [-0.25, -0.2) is 4.39 Å². The Kier molecular flexibility index (Phi) is 3.12. The van der Waals surface area contributed by atoms with E-state index in [1.165, 1.54) is 0 Å². The van der Waals surface area contributed by atoms with Gasteiger partial charge in [0.05, 0.1) is 0 Å². The summed E-state index contributed by atoms with van der Waals surface area (Å²) < 4.78 is 13.4. The van der Waals surface area contributed by atoms with Crippen LogP contribution in [0, 0.1) is 17.6 Å². The van der Waals surface area contributed by atoms with E-state index in [1.807, 2.05) is 13.0 Å². The minimum atomic E-state index is -0.293. The molecule has 2 nitrogen and oxygen atoms in total. The van der Waals surface area contributed by atoms with E-state index in [2.05, 4.69) is 5.18 Å². The van der Waals surface area contributed by atoms with Crippen LogP contribution >= 0.6 is 0 Å². The van der Waals surface area contributed by atoms with Crippen molar-refractivity contribution in [3.05, 3.63) is 39.5 Å². The molecule has 3 heteroatoms. The number of rotatable bonds is 3. The van der Waals surface area contributed by atoms with Gasteiger partial charge in [0.25, 0.3) is 0 Å². The monoisotopic (exact) mass is 181 g/mol. The van der Waals surface area contributed by atoms with Crippen LogP contribution in [0.1, 0.15) is 23.6 Å².